The number of anilines is 1. The summed E-state index contributed by atoms with van der Waals surface area (Å²) in [7, 11) is 6.96. The van der Waals surface area contributed by atoms with Crippen molar-refractivity contribution in [3.63, 3.8) is 0 Å². The molecule has 0 saturated heterocycles. The van der Waals surface area contributed by atoms with Crippen molar-refractivity contribution in [1.29, 1.82) is 0 Å². The van der Waals surface area contributed by atoms with Crippen molar-refractivity contribution in [3.8, 4) is 0 Å². The summed E-state index contributed by atoms with van der Waals surface area (Å²) in [6, 6.07) is 1.36. The molecule has 2 aromatic rings. The zero-order valence-corrected chi connectivity index (χ0v) is 17.8. The van der Waals surface area contributed by atoms with E-state index in [1.54, 1.807) is 6.33 Å². The minimum Gasteiger partial charge on any atom is -1.00 e. The van der Waals surface area contributed by atoms with Crippen molar-refractivity contribution in [2.45, 2.75) is 57.0 Å². The second-order valence-electron chi connectivity index (χ2n) is 8.03. The average molecular weight is 458 g/mol. The Bertz CT molecular complexity index is 714. The Hall–Kier alpha value is -0.470. The van der Waals surface area contributed by atoms with E-state index in [1.165, 1.54) is 65.6 Å². The van der Waals surface area contributed by atoms with Crippen molar-refractivity contribution in [2.24, 2.45) is 0 Å². The van der Waals surface area contributed by atoms with Crippen LogP contribution >= 0.6 is 11.3 Å². The fraction of sp³-hybridized carbons (Fsp3) is 0.667. The fourth-order valence-electron chi connectivity index (χ4n) is 4.23. The maximum atomic E-state index is 4.60. The number of nitrogens with zero attached hydrogens (tertiary/aromatic N) is 3. The first-order valence-electron chi connectivity index (χ1n) is 8.85. The molecule has 0 aliphatic heterocycles. The molecule has 1 N–H and O–H groups in total. The Kier molecular flexibility index (Phi) is 5.37. The third-order valence-electron chi connectivity index (χ3n) is 5.63. The maximum absolute atomic E-state index is 4.60. The standard InChI is InChI=1S/C18H27N4S.HI/c1-22(2,3)13-9-7-12(8-10-13)21-17-16-14-5-4-6-15(14)23-18(16)20-11-19-17;/h11-13H,4-10H2,1-3H3,(H,19,20,21);1H/q+1;/p-1. The van der Waals surface area contributed by atoms with Crippen LogP contribution in [0.3, 0.4) is 0 Å². The van der Waals surface area contributed by atoms with Gasteiger partial charge in [-0.2, -0.15) is 0 Å². The molecule has 2 heterocycles. The molecule has 6 heteroatoms. The largest absolute Gasteiger partial charge is 1.00 e. The lowest BCUT2D eigenvalue weighted by atomic mass is 9.89. The lowest BCUT2D eigenvalue weighted by molar-refractivity contribution is -0.897. The Morgan fingerprint density at radius 2 is 1.83 bits per heavy atom. The molecule has 0 spiro atoms. The van der Waals surface area contributed by atoms with Gasteiger partial charge < -0.3 is 33.8 Å². The first-order valence-corrected chi connectivity index (χ1v) is 9.67. The van der Waals surface area contributed by atoms with E-state index in [-0.39, 0.29) is 24.0 Å². The van der Waals surface area contributed by atoms with Crippen LogP contribution in [0.1, 0.15) is 42.5 Å². The van der Waals surface area contributed by atoms with Crippen molar-refractivity contribution < 1.29 is 28.5 Å². The topological polar surface area (TPSA) is 37.8 Å². The van der Waals surface area contributed by atoms with Gasteiger partial charge in [-0.3, -0.25) is 0 Å². The average Bonchev–Trinajstić information content (AvgIpc) is 3.07. The highest BCUT2D eigenvalue weighted by atomic mass is 127. The van der Waals surface area contributed by atoms with E-state index in [4.69, 9.17) is 0 Å². The summed E-state index contributed by atoms with van der Waals surface area (Å²) in [5, 5.41) is 5.08. The van der Waals surface area contributed by atoms with Gasteiger partial charge in [-0.1, -0.05) is 0 Å². The highest BCUT2D eigenvalue weighted by Crippen LogP contribution is 2.39. The molecule has 2 aliphatic carbocycles. The Labute approximate surface area is 165 Å². The number of nitrogens with one attached hydrogen (secondary N) is 1. The van der Waals surface area contributed by atoms with Gasteiger partial charge >= 0.3 is 0 Å². The summed E-state index contributed by atoms with van der Waals surface area (Å²) in [5.74, 6) is 1.09. The lowest BCUT2D eigenvalue weighted by Crippen LogP contribution is -3.00. The minimum atomic E-state index is 0. The minimum absolute atomic E-state index is 0. The molecule has 2 aromatic heterocycles. The molecule has 0 unspecified atom stereocenters. The quantitative estimate of drug-likeness (QED) is 0.542. The van der Waals surface area contributed by atoms with Crippen molar-refractivity contribution >= 4 is 27.4 Å². The number of hydrogen-bond donors (Lipinski definition) is 1. The molecule has 0 aromatic carbocycles. The van der Waals surface area contributed by atoms with Crippen LogP contribution in [-0.4, -0.2) is 47.7 Å². The molecular weight excluding hydrogens is 431 g/mol. The molecule has 2 aliphatic rings. The predicted octanol–water partition coefficient (Wildman–Crippen LogP) is 0.613. The molecule has 132 valence electrons. The number of rotatable bonds is 3. The fourth-order valence-corrected chi connectivity index (χ4v) is 5.46. The van der Waals surface area contributed by atoms with Crippen LogP contribution < -0.4 is 29.3 Å². The third kappa shape index (κ3) is 3.42. The van der Waals surface area contributed by atoms with E-state index < -0.39 is 0 Å². The van der Waals surface area contributed by atoms with E-state index in [1.807, 2.05) is 11.3 Å². The van der Waals surface area contributed by atoms with E-state index >= 15 is 0 Å². The summed E-state index contributed by atoms with van der Waals surface area (Å²) < 4.78 is 1.09. The molecule has 1 saturated carbocycles. The van der Waals surface area contributed by atoms with Crippen LogP contribution in [0.25, 0.3) is 10.2 Å². The molecule has 1 fully saturated rings. The molecule has 0 amide bonds. The van der Waals surface area contributed by atoms with E-state index in [0.717, 1.165) is 16.3 Å². The van der Waals surface area contributed by atoms with Gasteiger partial charge in [0.05, 0.1) is 32.6 Å². The van der Waals surface area contributed by atoms with Crippen molar-refractivity contribution in [2.75, 3.05) is 26.5 Å². The second-order valence-corrected chi connectivity index (χ2v) is 9.11. The third-order valence-corrected chi connectivity index (χ3v) is 6.83. The molecule has 0 atom stereocenters. The summed E-state index contributed by atoms with van der Waals surface area (Å²) >= 11 is 1.87. The Morgan fingerprint density at radius 3 is 2.54 bits per heavy atom. The highest BCUT2D eigenvalue weighted by molar-refractivity contribution is 7.19. The molecule has 4 rings (SSSR count). The Morgan fingerprint density at radius 1 is 1.08 bits per heavy atom. The zero-order chi connectivity index (χ0) is 16.0. The van der Waals surface area contributed by atoms with Gasteiger partial charge in [-0.15, -0.1) is 11.3 Å². The molecule has 24 heavy (non-hydrogen) atoms. The number of quaternary nitrogens is 1. The molecule has 0 radical (unpaired) electrons. The predicted molar refractivity (Wildman–Crippen MR) is 97.1 cm³/mol. The summed E-state index contributed by atoms with van der Waals surface area (Å²) in [4.78, 5) is 11.8. The first kappa shape index (κ1) is 18.3. The maximum Gasteiger partial charge on any atom is 0.138 e. The van der Waals surface area contributed by atoms with Gasteiger partial charge in [0.25, 0.3) is 0 Å². The number of fused-ring (bicyclic) bond motifs is 3. The van der Waals surface area contributed by atoms with Crippen LogP contribution in [0.15, 0.2) is 6.33 Å². The number of thiophene rings is 1. The Balaban J connectivity index is 0.00000169. The zero-order valence-electron chi connectivity index (χ0n) is 14.8. The van der Waals surface area contributed by atoms with Gasteiger partial charge in [0.15, 0.2) is 0 Å². The lowest BCUT2D eigenvalue weighted by Gasteiger charge is -2.39. The summed E-state index contributed by atoms with van der Waals surface area (Å²) in [5.41, 5.74) is 1.52. The molecular formula is C18H27IN4S. The SMILES string of the molecule is C[N+](C)(C)C1CCC(Nc2ncnc3sc4c(c23)CCC4)CC1.[I-]. The van der Waals surface area contributed by atoms with Gasteiger partial charge in [-0.25, -0.2) is 9.97 Å². The molecule has 0 bridgehead atoms. The number of hydrogen-bond acceptors (Lipinski definition) is 4. The van der Waals surface area contributed by atoms with Gasteiger partial charge in [-0.05, 0) is 37.7 Å². The van der Waals surface area contributed by atoms with Crippen LogP contribution in [0.5, 0.6) is 0 Å². The summed E-state index contributed by atoms with van der Waals surface area (Å²) in [6.07, 6.45) is 10.5. The monoisotopic (exact) mass is 458 g/mol. The summed E-state index contributed by atoms with van der Waals surface area (Å²) in [6.45, 7) is 0. The van der Waals surface area contributed by atoms with E-state index in [0.29, 0.717) is 6.04 Å². The molecule has 4 nitrogen and oxygen atoms in total. The van der Waals surface area contributed by atoms with Crippen LogP contribution in [0.4, 0.5) is 5.82 Å². The van der Waals surface area contributed by atoms with Crippen molar-refractivity contribution in [3.05, 3.63) is 16.8 Å². The van der Waals surface area contributed by atoms with Crippen LogP contribution in [0, 0.1) is 0 Å². The normalized spacial score (nSPS) is 23.8. The number of aryl methyl sites for hydroxylation is 2. The second kappa shape index (κ2) is 7.03. The van der Waals surface area contributed by atoms with E-state index in [2.05, 4.69) is 36.4 Å². The van der Waals surface area contributed by atoms with E-state index in [9.17, 15) is 0 Å². The van der Waals surface area contributed by atoms with Crippen molar-refractivity contribution in [1.82, 2.24) is 9.97 Å². The first-order chi connectivity index (χ1) is 11.0. The van der Waals surface area contributed by atoms with Gasteiger partial charge in [0, 0.05) is 23.8 Å². The number of halogens is 1. The van der Waals surface area contributed by atoms with Gasteiger partial charge in [0.2, 0.25) is 0 Å². The van der Waals surface area contributed by atoms with Gasteiger partial charge in [0.1, 0.15) is 17.0 Å². The highest BCUT2D eigenvalue weighted by Gasteiger charge is 2.30. The number of aromatic nitrogens is 2. The van der Waals surface area contributed by atoms with Crippen LogP contribution in [-0.2, 0) is 12.8 Å². The van der Waals surface area contributed by atoms with Crippen LogP contribution in [0.2, 0.25) is 0 Å². The smallest absolute Gasteiger partial charge is 0.138 e.